The Morgan fingerprint density at radius 3 is 2.69 bits per heavy atom. The van der Waals surface area contributed by atoms with Crippen molar-refractivity contribution >= 4 is 11.7 Å². The number of pyridine rings is 1. The van der Waals surface area contributed by atoms with Crippen LogP contribution in [0.1, 0.15) is 18.2 Å². The minimum absolute atomic E-state index is 0.167. The van der Waals surface area contributed by atoms with Crippen LogP contribution in [0.5, 0.6) is 0 Å². The number of primary amides is 1. The van der Waals surface area contributed by atoms with Crippen LogP contribution < -0.4 is 16.4 Å². The first kappa shape index (κ1) is 12.4. The first-order valence-electron chi connectivity index (χ1n) is 5.28. The highest BCUT2D eigenvalue weighted by molar-refractivity contribution is 5.79. The molecule has 4 N–H and O–H groups in total. The van der Waals surface area contributed by atoms with E-state index in [1.165, 1.54) is 0 Å². The molecular formula is C11H18N4O. The Balaban J connectivity index is 3.06. The van der Waals surface area contributed by atoms with E-state index >= 15 is 0 Å². The van der Waals surface area contributed by atoms with E-state index in [0.29, 0.717) is 13.1 Å². The van der Waals surface area contributed by atoms with Gasteiger partial charge < -0.3 is 16.4 Å². The number of amides is 1. The largest absolute Gasteiger partial charge is 0.368 e. The molecule has 1 rings (SSSR count). The zero-order valence-corrected chi connectivity index (χ0v) is 9.73. The van der Waals surface area contributed by atoms with Crippen LogP contribution in [0.3, 0.4) is 0 Å². The molecule has 0 aliphatic heterocycles. The van der Waals surface area contributed by atoms with E-state index in [1.807, 2.05) is 30.9 Å². The van der Waals surface area contributed by atoms with Crippen molar-refractivity contribution < 1.29 is 4.79 Å². The molecule has 0 unspecified atom stereocenters. The van der Waals surface area contributed by atoms with Crippen molar-refractivity contribution in [3.63, 3.8) is 0 Å². The van der Waals surface area contributed by atoms with Gasteiger partial charge >= 0.3 is 0 Å². The number of likely N-dealkylation sites (N-methyl/N-ethyl adjacent to an activating group) is 1. The van der Waals surface area contributed by atoms with Crippen LogP contribution in [0.4, 0.5) is 5.82 Å². The first-order valence-corrected chi connectivity index (χ1v) is 5.28. The lowest BCUT2D eigenvalue weighted by Gasteiger charge is -2.23. The molecule has 88 valence electrons. The summed E-state index contributed by atoms with van der Waals surface area (Å²) in [6, 6.07) is 3.84. The molecule has 0 aliphatic rings. The maximum atomic E-state index is 10.9. The second kappa shape index (κ2) is 5.46. The molecule has 1 aromatic heterocycles. The SMILES string of the molecule is CCN(CC(N)=O)c1nc(C)ccc1CN. The molecule has 5 nitrogen and oxygen atoms in total. The van der Waals surface area contributed by atoms with E-state index < -0.39 is 0 Å². The Morgan fingerprint density at radius 2 is 2.19 bits per heavy atom. The van der Waals surface area contributed by atoms with Gasteiger partial charge in [0.05, 0.1) is 6.54 Å². The molecule has 0 saturated carbocycles. The summed E-state index contributed by atoms with van der Waals surface area (Å²) in [7, 11) is 0. The van der Waals surface area contributed by atoms with Crippen LogP contribution in [-0.2, 0) is 11.3 Å². The van der Waals surface area contributed by atoms with Crippen LogP contribution in [-0.4, -0.2) is 24.0 Å². The minimum Gasteiger partial charge on any atom is -0.368 e. The number of hydrogen-bond donors (Lipinski definition) is 2. The fraction of sp³-hybridized carbons (Fsp3) is 0.455. The van der Waals surface area contributed by atoms with Crippen LogP contribution >= 0.6 is 0 Å². The zero-order valence-electron chi connectivity index (χ0n) is 9.73. The highest BCUT2D eigenvalue weighted by atomic mass is 16.1. The van der Waals surface area contributed by atoms with Crippen molar-refractivity contribution in [1.82, 2.24) is 4.98 Å². The second-order valence-corrected chi connectivity index (χ2v) is 3.62. The number of nitrogens with two attached hydrogens (primary N) is 2. The lowest BCUT2D eigenvalue weighted by atomic mass is 10.2. The third kappa shape index (κ3) is 2.93. The average molecular weight is 222 g/mol. The van der Waals surface area contributed by atoms with Crippen LogP contribution in [0.2, 0.25) is 0 Å². The number of nitrogens with zero attached hydrogens (tertiary/aromatic N) is 2. The molecule has 0 aromatic carbocycles. The Labute approximate surface area is 95.4 Å². The average Bonchev–Trinajstić information content (AvgIpc) is 2.25. The van der Waals surface area contributed by atoms with Crippen molar-refractivity contribution in [2.45, 2.75) is 20.4 Å². The van der Waals surface area contributed by atoms with Crippen molar-refractivity contribution in [2.24, 2.45) is 11.5 Å². The Bertz CT molecular complexity index is 378. The first-order chi connectivity index (χ1) is 7.58. The fourth-order valence-electron chi connectivity index (χ4n) is 1.53. The third-order valence-corrected chi connectivity index (χ3v) is 2.34. The number of rotatable bonds is 5. The van der Waals surface area contributed by atoms with Crippen molar-refractivity contribution in [3.05, 3.63) is 23.4 Å². The summed E-state index contributed by atoms with van der Waals surface area (Å²) in [5, 5.41) is 0. The molecule has 0 radical (unpaired) electrons. The number of anilines is 1. The lowest BCUT2D eigenvalue weighted by Crippen LogP contribution is -2.35. The second-order valence-electron chi connectivity index (χ2n) is 3.62. The molecular weight excluding hydrogens is 204 g/mol. The van der Waals surface area contributed by atoms with Gasteiger partial charge in [0, 0.05) is 24.3 Å². The normalized spacial score (nSPS) is 10.2. The summed E-state index contributed by atoms with van der Waals surface area (Å²) in [4.78, 5) is 17.2. The van der Waals surface area contributed by atoms with Crippen LogP contribution in [0.15, 0.2) is 12.1 Å². The van der Waals surface area contributed by atoms with E-state index in [9.17, 15) is 4.79 Å². The van der Waals surface area contributed by atoms with Gasteiger partial charge in [0.2, 0.25) is 5.91 Å². The summed E-state index contributed by atoms with van der Waals surface area (Å²) in [5.74, 6) is 0.386. The van der Waals surface area contributed by atoms with Gasteiger partial charge in [0.15, 0.2) is 0 Å². The molecule has 1 aromatic rings. The molecule has 0 aliphatic carbocycles. The standard InChI is InChI=1S/C11H18N4O/c1-3-15(7-10(13)16)11-9(6-12)5-4-8(2)14-11/h4-5H,3,6-7,12H2,1-2H3,(H2,13,16). The number of aromatic nitrogens is 1. The maximum absolute atomic E-state index is 10.9. The lowest BCUT2D eigenvalue weighted by molar-refractivity contribution is -0.116. The number of aryl methyl sites for hydroxylation is 1. The summed E-state index contributed by atoms with van der Waals surface area (Å²) < 4.78 is 0. The Hall–Kier alpha value is -1.62. The Kier molecular flexibility index (Phi) is 4.25. The van der Waals surface area contributed by atoms with E-state index in [2.05, 4.69) is 4.98 Å². The van der Waals surface area contributed by atoms with Crippen molar-refractivity contribution in [2.75, 3.05) is 18.0 Å². The van der Waals surface area contributed by atoms with Gasteiger partial charge in [-0.15, -0.1) is 0 Å². The molecule has 0 fully saturated rings. The van der Waals surface area contributed by atoms with Crippen LogP contribution in [0.25, 0.3) is 0 Å². The topological polar surface area (TPSA) is 85.2 Å². The smallest absolute Gasteiger partial charge is 0.236 e. The van der Waals surface area contributed by atoms with Gasteiger partial charge in [-0.1, -0.05) is 6.07 Å². The van der Waals surface area contributed by atoms with Gasteiger partial charge in [0.1, 0.15) is 5.82 Å². The molecule has 0 bridgehead atoms. The third-order valence-electron chi connectivity index (χ3n) is 2.34. The minimum atomic E-state index is -0.367. The fourth-order valence-corrected chi connectivity index (χ4v) is 1.53. The van der Waals surface area contributed by atoms with Crippen molar-refractivity contribution in [1.29, 1.82) is 0 Å². The van der Waals surface area contributed by atoms with Gasteiger partial charge in [-0.2, -0.15) is 0 Å². The quantitative estimate of drug-likeness (QED) is 0.743. The summed E-state index contributed by atoms with van der Waals surface area (Å²) >= 11 is 0. The number of carbonyl (C=O) groups is 1. The Morgan fingerprint density at radius 1 is 1.50 bits per heavy atom. The molecule has 16 heavy (non-hydrogen) atoms. The predicted octanol–water partition coefficient (Wildman–Crippen LogP) is 0.160. The molecule has 1 heterocycles. The summed E-state index contributed by atoms with van der Waals surface area (Å²) in [5.41, 5.74) is 12.7. The van der Waals surface area contributed by atoms with E-state index in [1.54, 1.807) is 0 Å². The summed E-state index contributed by atoms with van der Waals surface area (Å²) in [6.07, 6.45) is 0. The van der Waals surface area contributed by atoms with E-state index in [4.69, 9.17) is 11.5 Å². The van der Waals surface area contributed by atoms with Gasteiger partial charge in [-0.25, -0.2) is 4.98 Å². The molecule has 5 heteroatoms. The maximum Gasteiger partial charge on any atom is 0.236 e. The molecule has 1 amide bonds. The highest BCUT2D eigenvalue weighted by Crippen LogP contribution is 2.17. The van der Waals surface area contributed by atoms with Crippen LogP contribution in [0, 0.1) is 6.92 Å². The molecule has 0 spiro atoms. The van der Waals surface area contributed by atoms with E-state index in [-0.39, 0.29) is 12.5 Å². The van der Waals surface area contributed by atoms with E-state index in [0.717, 1.165) is 17.1 Å². The van der Waals surface area contributed by atoms with Crippen molar-refractivity contribution in [3.8, 4) is 0 Å². The predicted molar refractivity (Wildman–Crippen MR) is 63.9 cm³/mol. The van der Waals surface area contributed by atoms with Gasteiger partial charge in [0.25, 0.3) is 0 Å². The summed E-state index contributed by atoms with van der Waals surface area (Å²) in [6.45, 7) is 5.10. The highest BCUT2D eigenvalue weighted by Gasteiger charge is 2.12. The number of hydrogen-bond acceptors (Lipinski definition) is 4. The monoisotopic (exact) mass is 222 g/mol. The number of carbonyl (C=O) groups excluding carboxylic acids is 1. The molecule has 0 atom stereocenters. The molecule has 0 saturated heterocycles. The zero-order chi connectivity index (χ0) is 12.1. The van der Waals surface area contributed by atoms with Gasteiger partial charge in [-0.05, 0) is 19.9 Å². The van der Waals surface area contributed by atoms with Gasteiger partial charge in [-0.3, -0.25) is 4.79 Å².